The maximum absolute atomic E-state index is 10.5. The lowest BCUT2D eigenvalue weighted by atomic mass is 10.1. The Labute approximate surface area is 169 Å². The second-order valence-corrected chi connectivity index (χ2v) is 7.38. The third-order valence-electron chi connectivity index (χ3n) is 5.53. The van der Waals surface area contributed by atoms with Gasteiger partial charge in [0.05, 0.1) is 0 Å². The van der Waals surface area contributed by atoms with Gasteiger partial charge in [-0.25, -0.2) is 0 Å². The van der Waals surface area contributed by atoms with Crippen LogP contribution in [0.1, 0.15) is 25.0 Å². The molecule has 4 heteroatoms. The van der Waals surface area contributed by atoms with Gasteiger partial charge in [0, 0.05) is 69.7 Å². The second kappa shape index (κ2) is 10.3. The second-order valence-electron chi connectivity index (χ2n) is 7.38. The summed E-state index contributed by atoms with van der Waals surface area (Å²) in [4.78, 5) is 7.17. The normalized spacial score (nSPS) is 15.9. The molecule has 1 aliphatic rings. The summed E-state index contributed by atoms with van der Waals surface area (Å²) in [5.74, 6) is 0.414. The van der Waals surface area contributed by atoms with Gasteiger partial charge in [-0.3, -0.25) is 9.80 Å². The number of aromatic hydroxyl groups is 1. The Morgan fingerprint density at radius 1 is 0.929 bits per heavy atom. The van der Waals surface area contributed by atoms with Crippen molar-refractivity contribution in [1.82, 2.24) is 9.80 Å². The molecule has 0 unspecified atom stereocenters. The van der Waals surface area contributed by atoms with E-state index in [1.165, 1.54) is 5.56 Å². The van der Waals surface area contributed by atoms with Crippen molar-refractivity contribution in [2.45, 2.75) is 20.4 Å². The molecule has 0 aromatic heterocycles. The monoisotopic (exact) mass is 379 g/mol. The smallest absolute Gasteiger partial charge is 0.122 e. The van der Waals surface area contributed by atoms with Crippen molar-refractivity contribution >= 4 is 11.8 Å². The SMILES string of the molecule is CCN(CC)c1ccc(CN2CCN(C/C=C/c3ccccc3)CC2)c(O)c1. The molecule has 1 aliphatic heterocycles. The Balaban J connectivity index is 1.47. The van der Waals surface area contributed by atoms with Crippen LogP contribution in [0.3, 0.4) is 0 Å². The molecule has 4 nitrogen and oxygen atoms in total. The molecule has 1 N–H and O–H groups in total. The predicted molar refractivity (Wildman–Crippen MR) is 119 cm³/mol. The molecule has 1 heterocycles. The molecule has 2 aromatic rings. The summed E-state index contributed by atoms with van der Waals surface area (Å²) >= 11 is 0. The summed E-state index contributed by atoms with van der Waals surface area (Å²) < 4.78 is 0. The van der Waals surface area contributed by atoms with E-state index >= 15 is 0 Å². The number of hydrogen-bond donors (Lipinski definition) is 1. The maximum Gasteiger partial charge on any atom is 0.122 e. The van der Waals surface area contributed by atoms with E-state index in [1.807, 2.05) is 12.1 Å². The van der Waals surface area contributed by atoms with Gasteiger partial charge in [-0.1, -0.05) is 48.6 Å². The number of hydrogen-bond acceptors (Lipinski definition) is 4. The first-order chi connectivity index (χ1) is 13.7. The highest BCUT2D eigenvalue weighted by atomic mass is 16.3. The van der Waals surface area contributed by atoms with E-state index in [2.05, 4.69) is 77.1 Å². The fraction of sp³-hybridized carbons (Fsp3) is 0.417. The summed E-state index contributed by atoms with van der Waals surface area (Å²) in [5, 5.41) is 10.5. The highest BCUT2D eigenvalue weighted by Gasteiger charge is 2.17. The molecule has 150 valence electrons. The Kier molecular flexibility index (Phi) is 7.52. The van der Waals surface area contributed by atoms with E-state index < -0.39 is 0 Å². The number of phenolic OH excluding ortho intramolecular Hbond substituents is 1. The van der Waals surface area contributed by atoms with E-state index in [9.17, 15) is 5.11 Å². The number of anilines is 1. The molecule has 0 aliphatic carbocycles. The first-order valence-corrected chi connectivity index (χ1v) is 10.4. The van der Waals surface area contributed by atoms with Gasteiger partial charge in [0.1, 0.15) is 5.75 Å². The first-order valence-electron chi connectivity index (χ1n) is 10.4. The third kappa shape index (κ3) is 5.60. The first kappa shape index (κ1) is 20.4. The summed E-state index contributed by atoms with van der Waals surface area (Å²) in [7, 11) is 0. The van der Waals surface area contributed by atoms with E-state index in [0.717, 1.165) is 63.6 Å². The van der Waals surface area contributed by atoms with Crippen LogP contribution in [0, 0.1) is 0 Å². The van der Waals surface area contributed by atoms with Crippen LogP contribution in [0.15, 0.2) is 54.6 Å². The Morgan fingerprint density at radius 2 is 1.61 bits per heavy atom. The lowest BCUT2D eigenvalue weighted by molar-refractivity contribution is 0.136. The number of rotatable bonds is 8. The molecule has 1 saturated heterocycles. The summed E-state index contributed by atoms with van der Waals surface area (Å²) in [6, 6.07) is 16.6. The van der Waals surface area contributed by atoms with Crippen LogP contribution in [0.5, 0.6) is 5.75 Å². The minimum atomic E-state index is 0.414. The van der Waals surface area contributed by atoms with E-state index in [4.69, 9.17) is 0 Å². The Morgan fingerprint density at radius 3 is 2.25 bits per heavy atom. The zero-order valence-electron chi connectivity index (χ0n) is 17.2. The van der Waals surface area contributed by atoms with Crippen molar-refractivity contribution < 1.29 is 5.11 Å². The highest BCUT2D eigenvalue weighted by Crippen LogP contribution is 2.26. The van der Waals surface area contributed by atoms with Gasteiger partial charge in [0.25, 0.3) is 0 Å². The van der Waals surface area contributed by atoms with Crippen molar-refractivity contribution in [1.29, 1.82) is 0 Å². The molecule has 2 aromatic carbocycles. The zero-order chi connectivity index (χ0) is 19.8. The maximum atomic E-state index is 10.5. The van der Waals surface area contributed by atoms with Gasteiger partial charge in [-0.05, 0) is 25.5 Å². The van der Waals surface area contributed by atoms with Crippen LogP contribution in [0.25, 0.3) is 6.08 Å². The third-order valence-corrected chi connectivity index (χ3v) is 5.53. The molecule has 0 bridgehead atoms. The topological polar surface area (TPSA) is 30.0 Å². The lowest BCUT2D eigenvalue weighted by Crippen LogP contribution is -2.45. The molecule has 0 atom stereocenters. The average molecular weight is 380 g/mol. The standard InChI is InChI=1S/C24H33N3O/c1-3-27(4-2)23-13-12-22(24(28)19-23)20-26-17-15-25(16-18-26)14-8-11-21-9-6-5-7-10-21/h5-13,19,28H,3-4,14-18,20H2,1-2H3/b11-8+. The predicted octanol–water partition coefficient (Wildman–Crippen LogP) is 4.07. The fourth-order valence-corrected chi connectivity index (χ4v) is 3.74. The molecule has 28 heavy (non-hydrogen) atoms. The zero-order valence-corrected chi connectivity index (χ0v) is 17.2. The summed E-state index contributed by atoms with van der Waals surface area (Å²) in [5.41, 5.74) is 3.37. The van der Waals surface area contributed by atoms with E-state index in [1.54, 1.807) is 0 Å². The molecular formula is C24H33N3O. The Hall–Kier alpha value is -2.30. The fourth-order valence-electron chi connectivity index (χ4n) is 3.74. The van der Waals surface area contributed by atoms with Crippen molar-refractivity contribution in [3.63, 3.8) is 0 Å². The van der Waals surface area contributed by atoms with Crippen molar-refractivity contribution in [2.75, 3.05) is 50.7 Å². The van der Waals surface area contributed by atoms with Gasteiger partial charge >= 0.3 is 0 Å². The summed E-state index contributed by atoms with van der Waals surface area (Å²) in [6.45, 7) is 12.2. The van der Waals surface area contributed by atoms with Crippen molar-refractivity contribution in [2.24, 2.45) is 0 Å². The Bertz CT molecular complexity index is 748. The van der Waals surface area contributed by atoms with E-state index in [-0.39, 0.29) is 0 Å². The molecule has 1 fully saturated rings. The number of nitrogens with zero attached hydrogens (tertiary/aromatic N) is 3. The lowest BCUT2D eigenvalue weighted by Gasteiger charge is -2.34. The molecule has 0 radical (unpaired) electrons. The van der Waals surface area contributed by atoms with Crippen LogP contribution < -0.4 is 4.90 Å². The van der Waals surface area contributed by atoms with Gasteiger partial charge in [0.15, 0.2) is 0 Å². The molecule has 0 amide bonds. The largest absolute Gasteiger partial charge is 0.508 e. The van der Waals surface area contributed by atoms with Crippen LogP contribution in [-0.2, 0) is 6.54 Å². The van der Waals surface area contributed by atoms with Crippen molar-refractivity contribution in [3.8, 4) is 5.75 Å². The molecule has 3 rings (SSSR count). The van der Waals surface area contributed by atoms with Crippen molar-refractivity contribution in [3.05, 3.63) is 65.7 Å². The minimum Gasteiger partial charge on any atom is -0.508 e. The number of phenols is 1. The van der Waals surface area contributed by atoms with Crippen LogP contribution in [0.2, 0.25) is 0 Å². The quantitative estimate of drug-likeness (QED) is 0.749. The summed E-state index contributed by atoms with van der Waals surface area (Å²) in [6.07, 6.45) is 4.45. The number of piperazine rings is 1. The van der Waals surface area contributed by atoms with Gasteiger partial charge in [-0.2, -0.15) is 0 Å². The van der Waals surface area contributed by atoms with E-state index in [0.29, 0.717) is 5.75 Å². The van der Waals surface area contributed by atoms with Gasteiger partial charge in [0.2, 0.25) is 0 Å². The highest BCUT2D eigenvalue weighted by molar-refractivity contribution is 5.53. The average Bonchev–Trinajstić information content (AvgIpc) is 2.73. The van der Waals surface area contributed by atoms with Crippen LogP contribution in [-0.4, -0.2) is 60.7 Å². The molecular weight excluding hydrogens is 346 g/mol. The molecule has 0 spiro atoms. The van der Waals surface area contributed by atoms with Crippen LogP contribution >= 0.6 is 0 Å². The minimum absolute atomic E-state index is 0.414. The molecule has 0 saturated carbocycles. The number of benzene rings is 2. The van der Waals surface area contributed by atoms with Gasteiger partial charge < -0.3 is 10.0 Å². The van der Waals surface area contributed by atoms with Crippen LogP contribution in [0.4, 0.5) is 5.69 Å². The van der Waals surface area contributed by atoms with Gasteiger partial charge in [-0.15, -0.1) is 0 Å².